The first-order valence-corrected chi connectivity index (χ1v) is 7.39. The summed E-state index contributed by atoms with van der Waals surface area (Å²) in [7, 11) is 0. The minimum atomic E-state index is -0.535. The zero-order chi connectivity index (χ0) is 15.3. The fraction of sp³-hybridized carbons (Fsp3) is 0.529. The maximum atomic E-state index is 12.8. The van der Waals surface area contributed by atoms with E-state index in [1.807, 2.05) is 0 Å². The van der Waals surface area contributed by atoms with Crippen molar-refractivity contribution in [1.82, 2.24) is 0 Å². The van der Waals surface area contributed by atoms with Crippen LogP contribution in [0.5, 0.6) is 0 Å². The van der Waals surface area contributed by atoms with Crippen LogP contribution in [0.4, 0.5) is 4.39 Å². The van der Waals surface area contributed by atoms with Crippen LogP contribution >= 0.6 is 0 Å². The maximum absolute atomic E-state index is 12.8. The van der Waals surface area contributed by atoms with Crippen LogP contribution in [-0.4, -0.2) is 11.7 Å². The van der Waals surface area contributed by atoms with Gasteiger partial charge in [0.15, 0.2) is 0 Å². The van der Waals surface area contributed by atoms with Crippen LogP contribution in [0.1, 0.15) is 50.4 Å². The van der Waals surface area contributed by atoms with Gasteiger partial charge in [0.1, 0.15) is 5.82 Å². The van der Waals surface area contributed by atoms with Crippen LogP contribution in [0.2, 0.25) is 0 Å². The Labute approximate surface area is 124 Å². The van der Waals surface area contributed by atoms with Gasteiger partial charge in [-0.1, -0.05) is 25.9 Å². The van der Waals surface area contributed by atoms with Gasteiger partial charge in [-0.25, -0.2) is 9.18 Å². The third-order valence-electron chi connectivity index (χ3n) is 5.83. The molecule has 0 spiro atoms. The zero-order valence-electron chi connectivity index (χ0n) is 12.6. The molecule has 2 atom stereocenters. The Balaban J connectivity index is 1.76. The Hall–Kier alpha value is -1.71. The molecule has 21 heavy (non-hydrogen) atoms. The van der Waals surface area contributed by atoms with Crippen molar-refractivity contribution in [3.63, 3.8) is 0 Å². The molecule has 2 bridgehead atoms. The Morgan fingerprint density at radius 3 is 2.48 bits per heavy atom. The quantitative estimate of drug-likeness (QED) is 0.605. The van der Waals surface area contributed by atoms with Gasteiger partial charge in [0.2, 0.25) is 0 Å². The molecule has 0 saturated heterocycles. The van der Waals surface area contributed by atoms with E-state index in [-0.39, 0.29) is 16.6 Å². The molecular weight excluding hydrogens is 269 g/mol. The minimum Gasteiger partial charge on any atom is -0.313 e. The van der Waals surface area contributed by atoms with E-state index in [0.29, 0.717) is 11.5 Å². The van der Waals surface area contributed by atoms with Crippen LogP contribution in [0.3, 0.4) is 0 Å². The van der Waals surface area contributed by atoms with Crippen molar-refractivity contribution in [2.24, 2.45) is 21.9 Å². The van der Waals surface area contributed by atoms with Gasteiger partial charge in [-0.15, -0.1) is 0 Å². The first kappa shape index (κ1) is 14.2. The Morgan fingerprint density at radius 1 is 1.29 bits per heavy atom. The first-order chi connectivity index (χ1) is 9.84. The van der Waals surface area contributed by atoms with Crippen LogP contribution in [0.25, 0.3) is 0 Å². The van der Waals surface area contributed by atoms with E-state index >= 15 is 0 Å². The van der Waals surface area contributed by atoms with Gasteiger partial charge in [-0.3, -0.25) is 0 Å². The van der Waals surface area contributed by atoms with Crippen LogP contribution in [-0.2, 0) is 4.84 Å². The van der Waals surface area contributed by atoms with E-state index in [2.05, 4.69) is 25.9 Å². The molecule has 2 aliphatic carbocycles. The molecular formula is C17H20FNO2. The van der Waals surface area contributed by atoms with Crippen molar-refractivity contribution in [3.05, 3.63) is 35.6 Å². The van der Waals surface area contributed by atoms with E-state index in [9.17, 15) is 9.18 Å². The van der Waals surface area contributed by atoms with Gasteiger partial charge in [-0.05, 0) is 54.9 Å². The lowest BCUT2D eigenvalue weighted by Gasteiger charge is -2.34. The molecule has 2 fully saturated rings. The Morgan fingerprint density at radius 2 is 1.95 bits per heavy atom. The smallest absolute Gasteiger partial charge is 0.313 e. The summed E-state index contributed by atoms with van der Waals surface area (Å²) in [6.07, 6.45) is 3.21. The minimum absolute atomic E-state index is 0.0146. The number of hydrogen-bond acceptors (Lipinski definition) is 3. The van der Waals surface area contributed by atoms with Crippen molar-refractivity contribution in [1.29, 1.82) is 0 Å². The van der Waals surface area contributed by atoms with Gasteiger partial charge < -0.3 is 4.84 Å². The number of benzene rings is 1. The number of fused-ring (bicyclic) bond motifs is 2. The summed E-state index contributed by atoms with van der Waals surface area (Å²) in [5, 5.41) is 4.15. The lowest BCUT2D eigenvalue weighted by molar-refractivity contribution is 0.0508. The number of oxime groups is 1. The molecule has 0 radical (unpaired) electrons. The molecule has 2 aliphatic rings. The molecule has 0 aromatic heterocycles. The monoisotopic (exact) mass is 289 g/mol. The molecule has 0 aliphatic heterocycles. The Bertz CT molecular complexity index is 606. The van der Waals surface area contributed by atoms with Crippen molar-refractivity contribution >= 4 is 11.7 Å². The summed E-state index contributed by atoms with van der Waals surface area (Å²) in [6, 6.07) is 5.30. The summed E-state index contributed by atoms with van der Waals surface area (Å²) in [5.74, 6) is -0.294. The maximum Gasteiger partial charge on any atom is 0.365 e. The lowest BCUT2D eigenvalue weighted by Crippen LogP contribution is -2.32. The highest BCUT2D eigenvalue weighted by Gasteiger charge is 2.60. The molecule has 0 amide bonds. The van der Waals surface area contributed by atoms with Gasteiger partial charge in [0, 0.05) is 5.41 Å². The summed E-state index contributed by atoms with van der Waals surface area (Å²) in [6.45, 7) is 6.76. The molecule has 3 rings (SSSR count). The summed E-state index contributed by atoms with van der Waals surface area (Å²) < 4.78 is 12.8. The molecule has 0 N–H and O–H groups in total. The molecule has 3 nitrogen and oxygen atoms in total. The molecule has 0 heterocycles. The SMILES string of the molecule is CC1(C)[C@@H]2CC[C@@]1(C)/C(=N\OC(=O)c1ccc(F)cc1)C2. The lowest BCUT2D eigenvalue weighted by atomic mass is 9.70. The Kier molecular flexibility index (Phi) is 3.15. The fourth-order valence-corrected chi connectivity index (χ4v) is 3.80. The summed E-state index contributed by atoms with van der Waals surface area (Å²) in [4.78, 5) is 17.0. The van der Waals surface area contributed by atoms with Crippen LogP contribution in [0.15, 0.2) is 29.4 Å². The van der Waals surface area contributed by atoms with Crippen molar-refractivity contribution in [2.75, 3.05) is 0 Å². The van der Waals surface area contributed by atoms with E-state index in [4.69, 9.17) is 4.84 Å². The zero-order valence-corrected chi connectivity index (χ0v) is 12.6. The van der Waals surface area contributed by atoms with E-state index in [1.165, 1.54) is 30.7 Å². The molecule has 4 heteroatoms. The average molecular weight is 289 g/mol. The van der Waals surface area contributed by atoms with Gasteiger partial charge in [0.05, 0.1) is 11.3 Å². The predicted molar refractivity (Wildman–Crippen MR) is 78.5 cm³/mol. The molecule has 1 aromatic carbocycles. The second-order valence-corrected chi connectivity index (χ2v) is 6.92. The van der Waals surface area contributed by atoms with Crippen molar-refractivity contribution in [2.45, 2.75) is 40.0 Å². The largest absolute Gasteiger partial charge is 0.365 e. The van der Waals surface area contributed by atoms with Gasteiger partial charge in [0.25, 0.3) is 0 Å². The second-order valence-electron chi connectivity index (χ2n) is 6.92. The number of carbonyl (C=O) groups excluding carboxylic acids is 1. The molecule has 112 valence electrons. The number of rotatable bonds is 2. The first-order valence-electron chi connectivity index (χ1n) is 7.39. The van der Waals surface area contributed by atoms with E-state index in [1.54, 1.807) is 0 Å². The normalized spacial score (nSPS) is 31.6. The van der Waals surface area contributed by atoms with E-state index in [0.717, 1.165) is 18.6 Å². The highest BCUT2D eigenvalue weighted by Crippen LogP contribution is 2.63. The third-order valence-corrected chi connectivity index (χ3v) is 5.83. The number of carbonyl (C=O) groups is 1. The second kappa shape index (κ2) is 4.65. The molecule has 0 unspecified atom stereocenters. The number of halogens is 1. The fourth-order valence-electron chi connectivity index (χ4n) is 3.80. The predicted octanol–water partition coefficient (Wildman–Crippen LogP) is 4.18. The van der Waals surface area contributed by atoms with Crippen LogP contribution < -0.4 is 0 Å². The summed E-state index contributed by atoms with van der Waals surface area (Å²) >= 11 is 0. The summed E-state index contributed by atoms with van der Waals surface area (Å²) in [5.41, 5.74) is 1.52. The highest BCUT2D eigenvalue weighted by molar-refractivity contribution is 5.95. The van der Waals surface area contributed by atoms with Gasteiger partial charge in [-0.2, -0.15) is 0 Å². The van der Waals surface area contributed by atoms with Crippen molar-refractivity contribution < 1.29 is 14.0 Å². The average Bonchev–Trinajstić information content (AvgIpc) is 2.78. The molecule has 2 saturated carbocycles. The van der Waals surface area contributed by atoms with E-state index < -0.39 is 5.97 Å². The van der Waals surface area contributed by atoms with Gasteiger partial charge >= 0.3 is 5.97 Å². The molecule has 1 aromatic rings. The van der Waals surface area contributed by atoms with Crippen LogP contribution in [0, 0.1) is 22.6 Å². The standard InChI is InChI=1S/C17H20FNO2/c1-16(2)12-8-9-17(16,3)14(10-12)19-21-15(20)11-4-6-13(18)7-5-11/h4-7,12H,8-10H2,1-3H3/b19-14-/t12-,17+/m1/s1. The van der Waals surface area contributed by atoms with Crippen molar-refractivity contribution in [3.8, 4) is 0 Å². The third kappa shape index (κ3) is 2.08. The number of nitrogens with zero attached hydrogens (tertiary/aromatic N) is 1. The highest BCUT2D eigenvalue weighted by atomic mass is 19.1. The number of hydrogen-bond donors (Lipinski definition) is 0. The topological polar surface area (TPSA) is 38.7 Å².